The molecule has 0 aliphatic carbocycles. The Hall–Kier alpha value is -0.430. The van der Waals surface area contributed by atoms with Crippen LogP contribution in [0.25, 0.3) is 0 Å². The molecular formula is C11H14BrNO3S. The summed E-state index contributed by atoms with van der Waals surface area (Å²) in [7, 11) is -3.46. The molecule has 1 heterocycles. The second-order valence-electron chi connectivity index (χ2n) is 4.22. The third kappa shape index (κ3) is 2.54. The van der Waals surface area contributed by atoms with Gasteiger partial charge in [-0.05, 0) is 37.1 Å². The highest BCUT2D eigenvalue weighted by molar-refractivity contribution is 9.10. The molecule has 2 rings (SSSR count). The zero-order valence-corrected chi connectivity index (χ0v) is 11.8. The van der Waals surface area contributed by atoms with Crippen LogP contribution in [0.5, 0.6) is 0 Å². The number of β-amino-alcohol motifs (C(OH)–C–C–N with tert-alkyl or cyclic N) is 1. The fourth-order valence-electron chi connectivity index (χ4n) is 1.86. The molecule has 1 aromatic carbocycles. The molecule has 1 aromatic rings. The van der Waals surface area contributed by atoms with Crippen LogP contribution in [0.2, 0.25) is 0 Å². The molecule has 1 aliphatic heterocycles. The summed E-state index contributed by atoms with van der Waals surface area (Å²) < 4.78 is 26.7. The van der Waals surface area contributed by atoms with E-state index in [1.807, 2.05) is 6.92 Å². The van der Waals surface area contributed by atoms with E-state index in [-0.39, 0.29) is 11.4 Å². The van der Waals surface area contributed by atoms with Crippen LogP contribution < -0.4 is 0 Å². The highest BCUT2D eigenvalue weighted by Gasteiger charge is 2.31. The molecule has 17 heavy (non-hydrogen) atoms. The van der Waals surface area contributed by atoms with Crippen molar-refractivity contribution < 1.29 is 13.5 Å². The average molecular weight is 320 g/mol. The zero-order valence-electron chi connectivity index (χ0n) is 9.43. The van der Waals surface area contributed by atoms with E-state index >= 15 is 0 Å². The minimum atomic E-state index is -3.46. The summed E-state index contributed by atoms with van der Waals surface area (Å²) in [6.07, 6.45) is -0.0318. The predicted octanol–water partition coefficient (Wildman–Crippen LogP) is 1.51. The van der Waals surface area contributed by atoms with E-state index in [0.29, 0.717) is 13.0 Å². The number of hydrogen-bond donors (Lipinski definition) is 1. The van der Waals surface area contributed by atoms with E-state index in [2.05, 4.69) is 15.9 Å². The summed E-state index contributed by atoms with van der Waals surface area (Å²) in [5.74, 6) is 0. The topological polar surface area (TPSA) is 57.6 Å². The molecule has 1 aliphatic rings. The Morgan fingerprint density at radius 3 is 2.71 bits per heavy atom. The number of aryl methyl sites for hydroxylation is 1. The molecule has 6 heteroatoms. The lowest BCUT2D eigenvalue weighted by Gasteiger charge is -2.16. The molecule has 1 N–H and O–H groups in total. The Kier molecular flexibility index (Phi) is 3.58. The minimum Gasteiger partial charge on any atom is -0.392 e. The number of rotatable bonds is 2. The molecule has 0 bridgehead atoms. The van der Waals surface area contributed by atoms with Crippen molar-refractivity contribution in [1.82, 2.24) is 4.31 Å². The van der Waals surface area contributed by atoms with E-state index in [9.17, 15) is 13.5 Å². The maximum absolute atomic E-state index is 12.2. The van der Waals surface area contributed by atoms with Crippen LogP contribution in [0.4, 0.5) is 0 Å². The SMILES string of the molecule is Cc1cc(S(=O)(=O)N2CC[C@@H](O)C2)ccc1Br. The quantitative estimate of drug-likeness (QED) is 0.899. The average Bonchev–Trinajstić information content (AvgIpc) is 2.69. The Labute approximate surface area is 109 Å². The number of halogens is 1. The van der Waals surface area contributed by atoms with Gasteiger partial charge >= 0.3 is 0 Å². The molecule has 0 amide bonds. The number of sulfonamides is 1. The van der Waals surface area contributed by atoms with E-state index in [0.717, 1.165) is 10.0 Å². The lowest BCUT2D eigenvalue weighted by Crippen LogP contribution is -2.29. The maximum Gasteiger partial charge on any atom is 0.243 e. The number of aliphatic hydroxyl groups excluding tert-OH is 1. The van der Waals surface area contributed by atoms with Crippen LogP contribution in [0.3, 0.4) is 0 Å². The van der Waals surface area contributed by atoms with Crippen LogP contribution in [-0.4, -0.2) is 37.0 Å². The van der Waals surface area contributed by atoms with E-state index in [4.69, 9.17) is 0 Å². The van der Waals surface area contributed by atoms with Gasteiger partial charge in [0.25, 0.3) is 0 Å². The van der Waals surface area contributed by atoms with E-state index in [1.165, 1.54) is 4.31 Å². The molecule has 0 saturated carbocycles. The molecule has 1 fully saturated rings. The summed E-state index contributed by atoms with van der Waals surface area (Å²) in [6.45, 7) is 2.43. The number of hydrogen-bond acceptors (Lipinski definition) is 3. The summed E-state index contributed by atoms with van der Waals surface area (Å²) in [5, 5.41) is 9.39. The van der Waals surface area contributed by atoms with Crippen LogP contribution in [0.1, 0.15) is 12.0 Å². The Morgan fingerprint density at radius 2 is 2.18 bits per heavy atom. The number of benzene rings is 1. The number of nitrogens with zero attached hydrogens (tertiary/aromatic N) is 1. The summed E-state index contributed by atoms with van der Waals surface area (Å²) in [4.78, 5) is 0.285. The van der Waals surface area contributed by atoms with E-state index in [1.54, 1.807) is 18.2 Å². The van der Waals surface area contributed by atoms with Crippen molar-refractivity contribution in [2.24, 2.45) is 0 Å². The normalized spacial score (nSPS) is 21.9. The smallest absolute Gasteiger partial charge is 0.243 e. The standard InChI is InChI=1S/C11H14BrNO3S/c1-8-6-10(2-3-11(8)12)17(15,16)13-5-4-9(14)7-13/h2-3,6,9,14H,4-5,7H2,1H3/t9-/m1/s1. The second kappa shape index (κ2) is 4.68. The Morgan fingerprint density at radius 1 is 1.47 bits per heavy atom. The van der Waals surface area contributed by atoms with Crippen molar-refractivity contribution in [2.75, 3.05) is 13.1 Å². The van der Waals surface area contributed by atoms with Crippen LogP contribution >= 0.6 is 15.9 Å². The molecule has 1 saturated heterocycles. The Balaban J connectivity index is 2.35. The maximum atomic E-state index is 12.2. The molecule has 94 valence electrons. The highest BCUT2D eigenvalue weighted by atomic mass is 79.9. The molecule has 1 atom stereocenters. The molecule has 0 unspecified atom stereocenters. The van der Waals surface area contributed by atoms with Gasteiger partial charge in [-0.3, -0.25) is 0 Å². The van der Waals surface area contributed by atoms with Crippen molar-refractivity contribution >= 4 is 26.0 Å². The second-order valence-corrected chi connectivity index (χ2v) is 7.01. The molecule has 0 aromatic heterocycles. The van der Waals surface area contributed by atoms with Gasteiger partial charge < -0.3 is 5.11 Å². The van der Waals surface area contributed by atoms with Crippen LogP contribution in [0, 0.1) is 6.92 Å². The first-order valence-electron chi connectivity index (χ1n) is 5.35. The van der Waals surface area contributed by atoms with Gasteiger partial charge in [0.1, 0.15) is 0 Å². The summed E-state index contributed by atoms with van der Waals surface area (Å²) in [6, 6.07) is 4.95. The lowest BCUT2D eigenvalue weighted by molar-refractivity contribution is 0.189. The fourth-order valence-corrected chi connectivity index (χ4v) is 3.68. The third-order valence-corrected chi connectivity index (χ3v) is 5.64. The van der Waals surface area contributed by atoms with Gasteiger partial charge in [0.15, 0.2) is 0 Å². The highest BCUT2D eigenvalue weighted by Crippen LogP contribution is 2.24. The van der Waals surface area contributed by atoms with Gasteiger partial charge in [0.05, 0.1) is 11.0 Å². The van der Waals surface area contributed by atoms with Crippen molar-refractivity contribution in [3.05, 3.63) is 28.2 Å². The van der Waals surface area contributed by atoms with Gasteiger partial charge in [0, 0.05) is 17.6 Å². The summed E-state index contributed by atoms with van der Waals surface area (Å²) >= 11 is 3.34. The largest absolute Gasteiger partial charge is 0.392 e. The first-order chi connectivity index (χ1) is 7.91. The first kappa shape index (κ1) is 13.0. The van der Waals surface area contributed by atoms with Crippen molar-refractivity contribution in [3.8, 4) is 0 Å². The predicted molar refractivity (Wildman–Crippen MR) is 68.3 cm³/mol. The van der Waals surface area contributed by atoms with Crippen molar-refractivity contribution in [3.63, 3.8) is 0 Å². The van der Waals surface area contributed by atoms with Crippen molar-refractivity contribution in [1.29, 1.82) is 0 Å². The minimum absolute atomic E-state index is 0.192. The lowest BCUT2D eigenvalue weighted by atomic mass is 10.2. The first-order valence-corrected chi connectivity index (χ1v) is 7.59. The van der Waals surface area contributed by atoms with E-state index < -0.39 is 16.1 Å². The van der Waals surface area contributed by atoms with Crippen LogP contribution in [0.15, 0.2) is 27.6 Å². The molecule has 0 spiro atoms. The van der Waals surface area contributed by atoms with Gasteiger partial charge in [-0.2, -0.15) is 4.31 Å². The molecular weight excluding hydrogens is 306 g/mol. The van der Waals surface area contributed by atoms with Gasteiger partial charge in [-0.25, -0.2) is 8.42 Å². The van der Waals surface area contributed by atoms with Gasteiger partial charge in [-0.1, -0.05) is 15.9 Å². The van der Waals surface area contributed by atoms with Gasteiger partial charge in [-0.15, -0.1) is 0 Å². The Bertz CT molecular complexity index is 530. The van der Waals surface area contributed by atoms with Crippen molar-refractivity contribution in [2.45, 2.75) is 24.3 Å². The molecule has 0 radical (unpaired) electrons. The third-order valence-electron chi connectivity index (χ3n) is 2.89. The van der Waals surface area contributed by atoms with Gasteiger partial charge in [0.2, 0.25) is 10.0 Å². The monoisotopic (exact) mass is 319 g/mol. The molecule has 4 nitrogen and oxygen atoms in total. The number of aliphatic hydroxyl groups is 1. The van der Waals surface area contributed by atoms with Crippen LogP contribution in [-0.2, 0) is 10.0 Å². The fraction of sp³-hybridized carbons (Fsp3) is 0.455. The summed E-state index contributed by atoms with van der Waals surface area (Å²) in [5.41, 5.74) is 0.880. The zero-order chi connectivity index (χ0) is 12.6.